The zero-order valence-corrected chi connectivity index (χ0v) is 16.7. The molecule has 2 aromatic carbocycles. The first-order chi connectivity index (χ1) is 14.2. The van der Waals surface area contributed by atoms with Gasteiger partial charge in [0.05, 0.1) is 17.6 Å². The quantitative estimate of drug-likeness (QED) is 0.553. The summed E-state index contributed by atoms with van der Waals surface area (Å²) in [5.74, 6) is 0. The molecule has 0 atom stereocenters. The summed E-state index contributed by atoms with van der Waals surface area (Å²) < 4.78 is 3.58. The van der Waals surface area contributed by atoms with Crippen LogP contribution >= 0.6 is 11.6 Å². The molecule has 4 aromatic rings. The predicted molar refractivity (Wildman–Crippen MR) is 116 cm³/mol. The molecule has 6 heteroatoms. The number of hydrogen-bond acceptors (Lipinski definition) is 3. The molecule has 0 saturated carbocycles. The van der Waals surface area contributed by atoms with Gasteiger partial charge in [-0.1, -0.05) is 48.4 Å². The highest BCUT2D eigenvalue weighted by molar-refractivity contribution is 6.30. The summed E-state index contributed by atoms with van der Waals surface area (Å²) in [6, 6.07) is 17.3. The molecule has 0 spiro atoms. The van der Waals surface area contributed by atoms with Crippen molar-refractivity contribution in [3.05, 3.63) is 81.4 Å². The van der Waals surface area contributed by atoms with Crippen LogP contribution < -0.4 is 16.1 Å². The summed E-state index contributed by atoms with van der Waals surface area (Å²) in [5.41, 5.74) is 4.26. The highest BCUT2D eigenvalue weighted by Gasteiger charge is 2.19. The smallest absolute Gasteiger partial charge is 0.283 e. The maximum Gasteiger partial charge on any atom is 0.283 e. The Hall–Kier alpha value is -3.05. The van der Waals surface area contributed by atoms with Crippen molar-refractivity contribution in [3.8, 4) is 16.9 Å². The highest BCUT2D eigenvalue weighted by atomic mass is 35.5. The van der Waals surface area contributed by atoms with Gasteiger partial charge in [0, 0.05) is 22.8 Å². The summed E-state index contributed by atoms with van der Waals surface area (Å²) in [4.78, 5) is 18.3. The van der Waals surface area contributed by atoms with Crippen molar-refractivity contribution in [1.82, 2.24) is 19.5 Å². The maximum atomic E-state index is 13.5. The summed E-state index contributed by atoms with van der Waals surface area (Å²) in [6.45, 7) is 0.891. The Kier molecular flexibility index (Phi) is 4.60. The molecule has 1 saturated heterocycles. The van der Waals surface area contributed by atoms with Crippen molar-refractivity contribution in [2.45, 2.75) is 25.7 Å². The number of aromatic nitrogens is 3. The van der Waals surface area contributed by atoms with E-state index in [1.807, 2.05) is 65.3 Å². The van der Waals surface area contributed by atoms with Crippen LogP contribution in [-0.4, -0.2) is 20.7 Å². The van der Waals surface area contributed by atoms with Gasteiger partial charge in [-0.05, 0) is 43.5 Å². The second-order valence-electron chi connectivity index (χ2n) is 7.34. The lowest BCUT2D eigenvalue weighted by Crippen LogP contribution is -2.33. The largest absolute Gasteiger partial charge is 0.388 e. The van der Waals surface area contributed by atoms with E-state index in [1.54, 1.807) is 4.68 Å². The lowest BCUT2D eigenvalue weighted by molar-refractivity contribution is 0.721. The number of halogens is 1. The van der Waals surface area contributed by atoms with Crippen molar-refractivity contribution in [2.75, 3.05) is 6.54 Å². The molecule has 146 valence electrons. The van der Waals surface area contributed by atoms with Gasteiger partial charge in [-0.25, -0.2) is 14.2 Å². The SMILES string of the molecule is O=c1/c(=C2\CCCCCN2)c2nc(-c3ccc(Cl)cc3)cn2n1-c1ccccc1. The minimum atomic E-state index is -0.0363. The molecule has 0 amide bonds. The predicted octanol–water partition coefficient (Wildman–Crippen LogP) is 3.80. The van der Waals surface area contributed by atoms with Crippen molar-refractivity contribution < 1.29 is 0 Å². The fourth-order valence-corrected chi connectivity index (χ4v) is 4.10. The number of rotatable bonds is 2. The average Bonchev–Trinajstić information content (AvgIpc) is 3.12. The monoisotopic (exact) mass is 404 g/mol. The van der Waals surface area contributed by atoms with Gasteiger partial charge in [-0.3, -0.25) is 4.79 Å². The summed E-state index contributed by atoms with van der Waals surface area (Å²) in [5, 5.41) is 4.85. The summed E-state index contributed by atoms with van der Waals surface area (Å²) in [6.07, 6.45) is 6.17. The van der Waals surface area contributed by atoms with Crippen LogP contribution in [0.3, 0.4) is 0 Å². The number of nitrogens with one attached hydrogen (secondary N) is 1. The molecular formula is C23H21ClN4O. The van der Waals surface area contributed by atoms with Gasteiger partial charge in [0.15, 0.2) is 5.65 Å². The van der Waals surface area contributed by atoms with Crippen LogP contribution in [0.15, 0.2) is 65.6 Å². The fourth-order valence-electron chi connectivity index (χ4n) is 3.97. The summed E-state index contributed by atoms with van der Waals surface area (Å²) in [7, 11) is 0. The van der Waals surface area contributed by atoms with E-state index < -0.39 is 0 Å². The van der Waals surface area contributed by atoms with E-state index in [4.69, 9.17) is 16.6 Å². The molecule has 29 heavy (non-hydrogen) atoms. The Morgan fingerprint density at radius 1 is 0.966 bits per heavy atom. The van der Waals surface area contributed by atoms with E-state index >= 15 is 0 Å². The van der Waals surface area contributed by atoms with Crippen molar-refractivity contribution in [3.63, 3.8) is 0 Å². The van der Waals surface area contributed by atoms with Crippen LogP contribution in [0.25, 0.3) is 28.3 Å². The molecule has 2 aromatic heterocycles. The van der Waals surface area contributed by atoms with Crippen LogP contribution in [-0.2, 0) is 0 Å². The Balaban J connectivity index is 1.82. The Bertz CT molecular complexity index is 1260. The number of fused-ring (bicyclic) bond motifs is 1. The molecule has 5 rings (SSSR count). The van der Waals surface area contributed by atoms with Crippen molar-refractivity contribution in [2.24, 2.45) is 0 Å². The first kappa shape index (κ1) is 18.0. The molecule has 1 aliphatic rings. The number of nitrogens with zero attached hydrogens (tertiary/aromatic N) is 3. The first-order valence-electron chi connectivity index (χ1n) is 9.95. The van der Waals surface area contributed by atoms with Gasteiger partial charge in [0.25, 0.3) is 5.56 Å². The molecule has 0 bridgehead atoms. The van der Waals surface area contributed by atoms with Crippen LogP contribution in [0.1, 0.15) is 25.7 Å². The zero-order chi connectivity index (χ0) is 19.8. The van der Waals surface area contributed by atoms with Crippen molar-refractivity contribution in [1.29, 1.82) is 0 Å². The van der Waals surface area contributed by atoms with Crippen LogP contribution in [0.5, 0.6) is 0 Å². The number of benzene rings is 2. The average molecular weight is 405 g/mol. The molecule has 1 aliphatic heterocycles. The number of para-hydroxylation sites is 1. The second-order valence-corrected chi connectivity index (χ2v) is 7.78. The minimum Gasteiger partial charge on any atom is -0.388 e. The van der Waals surface area contributed by atoms with Gasteiger partial charge in [-0.2, -0.15) is 0 Å². The third kappa shape index (κ3) is 3.21. The second kappa shape index (κ2) is 7.41. The lowest BCUT2D eigenvalue weighted by Gasteiger charge is -2.04. The van der Waals surface area contributed by atoms with Crippen LogP contribution in [0, 0.1) is 0 Å². The van der Waals surface area contributed by atoms with Gasteiger partial charge in [-0.15, -0.1) is 0 Å². The van der Waals surface area contributed by atoms with Crippen molar-refractivity contribution >= 4 is 22.9 Å². The van der Waals surface area contributed by atoms with Gasteiger partial charge < -0.3 is 5.32 Å². The molecule has 1 N–H and O–H groups in total. The van der Waals surface area contributed by atoms with Crippen LogP contribution in [0.2, 0.25) is 5.02 Å². The number of hydrogen-bond donors (Lipinski definition) is 1. The maximum absolute atomic E-state index is 13.5. The standard InChI is InChI=1S/C23H21ClN4O/c24-17-12-10-16(11-13-17)20-15-27-22(26-20)21(19-9-5-2-6-14-25-19)23(29)28(27)18-7-3-1-4-8-18/h1,3-4,7-8,10-13,15,25H,2,5-6,9,14H2/b21-19+. The van der Waals surface area contributed by atoms with E-state index in [0.29, 0.717) is 15.9 Å². The molecule has 0 unspecified atom stereocenters. The van der Waals surface area contributed by atoms with Gasteiger partial charge in [0.2, 0.25) is 0 Å². The fraction of sp³-hybridized carbons (Fsp3) is 0.217. The normalized spacial score (nSPS) is 16.6. The molecule has 3 heterocycles. The third-order valence-electron chi connectivity index (χ3n) is 5.42. The van der Waals surface area contributed by atoms with E-state index in [0.717, 1.165) is 48.4 Å². The topological polar surface area (TPSA) is 51.3 Å². The van der Waals surface area contributed by atoms with E-state index in [1.165, 1.54) is 6.42 Å². The van der Waals surface area contributed by atoms with E-state index in [2.05, 4.69) is 5.32 Å². The zero-order valence-electron chi connectivity index (χ0n) is 15.9. The Morgan fingerprint density at radius 2 is 1.76 bits per heavy atom. The van der Waals surface area contributed by atoms with Crippen LogP contribution in [0.4, 0.5) is 0 Å². The highest BCUT2D eigenvalue weighted by Crippen LogP contribution is 2.21. The van der Waals surface area contributed by atoms with E-state index in [-0.39, 0.29) is 5.56 Å². The molecular weight excluding hydrogens is 384 g/mol. The minimum absolute atomic E-state index is 0.0363. The number of imidazole rings is 1. The Labute approximate surface area is 173 Å². The first-order valence-corrected chi connectivity index (χ1v) is 10.3. The van der Waals surface area contributed by atoms with Gasteiger partial charge >= 0.3 is 0 Å². The molecule has 5 nitrogen and oxygen atoms in total. The van der Waals surface area contributed by atoms with Gasteiger partial charge in [0.1, 0.15) is 5.22 Å². The molecule has 0 aliphatic carbocycles. The third-order valence-corrected chi connectivity index (χ3v) is 5.67. The Morgan fingerprint density at radius 3 is 2.55 bits per heavy atom. The lowest BCUT2D eigenvalue weighted by atomic mass is 10.2. The molecule has 0 radical (unpaired) electrons. The molecule has 1 fully saturated rings. The van der Waals surface area contributed by atoms with E-state index in [9.17, 15) is 4.79 Å². The summed E-state index contributed by atoms with van der Waals surface area (Å²) >= 11 is 6.04.